The second-order valence-corrected chi connectivity index (χ2v) is 22.0. The molecule has 0 heterocycles. The first-order valence-corrected chi connectivity index (χ1v) is 31.1. The van der Waals surface area contributed by atoms with Crippen molar-refractivity contribution < 1.29 is 42.9 Å². The van der Waals surface area contributed by atoms with Crippen LogP contribution >= 0.6 is 0 Å². The van der Waals surface area contributed by atoms with Gasteiger partial charge in [-0.05, 0) is 70.6 Å². The predicted molar refractivity (Wildman–Crippen MR) is 315 cm³/mol. The van der Waals surface area contributed by atoms with Gasteiger partial charge in [-0.3, -0.25) is 9.59 Å². The number of carbonyl (C=O) groups excluding carboxylic acids is 3. The van der Waals surface area contributed by atoms with Crippen molar-refractivity contribution in [2.45, 2.75) is 283 Å². The largest absolute Gasteiger partial charge is 0.545 e. The van der Waals surface area contributed by atoms with E-state index in [1.807, 2.05) is 33.3 Å². The van der Waals surface area contributed by atoms with Crippen LogP contribution in [-0.4, -0.2) is 82.3 Å². The van der Waals surface area contributed by atoms with Gasteiger partial charge >= 0.3 is 11.9 Å². The highest BCUT2D eigenvalue weighted by molar-refractivity contribution is 5.70. The zero-order chi connectivity index (χ0) is 54.8. The molecule has 0 aliphatic rings. The molecule has 0 aromatic rings. The Bertz CT molecular complexity index is 1460. The van der Waals surface area contributed by atoms with E-state index in [1.54, 1.807) is 0 Å². The van der Waals surface area contributed by atoms with Gasteiger partial charge in [-0.25, -0.2) is 0 Å². The lowest BCUT2D eigenvalue weighted by Crippen LogP contribution is -2.44. The average Bonchev–Trinajstić information content (AvgIpc) is 3.38. The zero-order valence-electron chi connectivity index (χ0n) is 49.4. The minimum absolute atomic E-state index is 0.126. The fraction of sp³-hybridized carbons (Fsp3) is 0.773. The van der Waals surface area contributed by atoms with Crippen LogP contribution in [0, 0.1) is 0 Å². The molecule has 0 spiro atoms. The fourth-order valence-corrected chi connectivity index (χ4v) is 8.70. The SMILES string of the molecule is CC/C=C\C/C=C\C/C=C\C/C=C\CCC(=O)OC(COC(=O)CCCCCCCCCCCCCCCCCCCCCCCCCCC/C=C\C/C=C\CCCCCCC)COC(OCC[N+](C)(C)C)C(=O)[O-]. The molecule has 0 amide bonds. The maximum absolute atomic E-state index is 12.8. The summed E-state index contributed by atoms with van der Waals surface area (Å²) in [5.74, 6) is -2.39. The standard InChI is InChI=1S/C66H117NO8/c1-6-8-10-12-14-16-18-20-21-22-23-24-25-26-27-28-29-30-31-32-33-34-35-36-37-38-39-40-41-42-43-45-46-48-50-52-54-56-63(68)73-60-62(61-74-66(65(70)71)72-59-58-67(3,4)5)75-64(69)57-55-53-51-49-47-44-19-17-15-13-11-9-7-2/h9,11,15,17-18,20,22-23,44,47,51,53,62,66H,6-8,10,12-14,16,19,21,24-43,45-46,48-50,52,54-61H2,1-5H3/b11-9-,17-15-,20-18-,23-22-,47-44-,53-51-. The number of carbonyl (C=O) groups is 3. The van der Waals surface area contributed by atoms with E-state index in [-0.39, 0.29) is 38.6 Å². The average molecular weight is 1050 g/mol. The first kappa shape index (κ1) is 71.7. The van der Waals surface area contributed by atoms with Crippen molar-refractivity contribution in [3.05, 3.63) is 72.9 Å². The monoisotopic (exact) mass is 1050 g/mol. The summed E-state index contributed by atoms with van der Waals surface area (Å²) in [7, 11) is 5.90. The number of quaternary nitrogens is 1. The normalized spacial score (nSPS) is 13.2. The van der Waals surface area contributed by atoms with Gasteiger partial charge in [0.2, 0.25) is 0 Å². The summed E-state index contributed by atoms with van der Waals surface area (Å²) in [6, 6.07) is 0. The highest BCUT2D eigenvalue weighted by Gasteiger charge is 2.21. The first-order valence-electron chi connectivity index (χ1n) is 31.1. The maximum atomic E-state index is 12.8. The molecule has 0 N–H and O–H groups in total. The lowest BCUT2D eigenvalue weighted by Gasteiger charge is -2.26. The van der Waals surface area contributed by atoms with E-state index >= 15 is 0 Å². The molecule has 9 heteroatoms. The van der Waals surface area contributed by atoms with Gasteiger partial charge in [0.1, 0.15) is 13.2 Å². The Morgan fingerprint density at radius 2 is 0.787 bits per heavy atom. The van der Waals surface area contributed by atoms with E-state index in [1.165, 1.54) is 186 Å². The first-order chi connectivity index (χ1) is 36.6. The lowest BCUT2D eigenvalue weighted by atomic mass is 10.0. The molecule has 0 saturated carbocycles. The highest BCUT2D eigenvalue weighted by Crippen LogP contribution is 2.17. The molecule has 0 saturated heterocycles. The van der Waals surface area contributed by atoms with E-state index in [0.717, 1.165) is 51.4 Å². The Hall–Kier alpha value is -3.27. The quantitative estimate of drug-likeness (QED) is 0.0195. The number of hydrogen-bond donors (Lipinski definition) is 0. The smallest absolute Gasteiger partial charge is 0.306 e. The van der Waals surface area contributed by atoms with E-state index < -0.39 is 24.3 Å². The number of carboxylic acid groups (broad SMARTS) is 1. The van der Waals surface area contributed by atoms with E-state index in [0.29, 0.717) is 17.4 Å². The number of aliphatic carboxylic acids is 1. The van der Waals surface area contributed by atoms with Gasteiger partial charge in [-0.2, -0.15) is 0 Å². The van der Waals surface area contributed by atoms with Crippen molar-refractivity contribution in [3.8, 4) is 0 Å². The van der Waals surface area contributed by atoms with E-state index in [2.05, 4.69) is 74.6 Å². The predicted octanol–water partition coefficient (Wildman–Crippen LogP) is 17.2. The zero-order valence-corrected chi connectivity index (χ0v) is 49.4. The molecular formula is C66H117NO8. The molecule has 0 radical (unpaired) electrons. The second-order valence-electron chi connectivity index (χ2n) is 22.0. The number of esters is 2. The Labute approximate surface area is 462 Å². The summed E-state index contributed by atoms with van der Waals surface area (Å²) in [6.07, 6.45) is 71.7. The Balaban J connectivity index is 3.97. The number of ether oxygens (including phenoxy) is 4. The van der Waals surface area contributed by atoms with Crippen LogP contribution in [0.15, 0.2) is 72.9 Å². The van der Waals surface area contributed by atoms with Crippen molar-refractivity contribution in [2.24, 2.45) is 0 Å². The summed E-state index contributed by atoms with van der Waals surface area (Å²) in [6.45, 7) is 4.55. The van der Waals surface area contributed by atoms with Gasteiger partial charge in [0, 0.05) is 12.8 Å². The number of likely N-dealkylation sites (N-methyl/N-ethyl adjacent to an activating group) is 1. The maximum Gasteiger partial charge on any atom is 0.306 e. The number of nitrogens with zero attached hydrogens (tertiary/aromatic N) is 1. The van der Waals surface area contributed by atoms with Crippen LogP contribution in [0.4, 0.5) is 0 Å². The molecule has 2 atom stereocenters. The summed E-state index contributed by atoms with van der Waals surface area (Å²) >= 11 is 0. The van der Waals surface area contributed by atoms with Crippen molar-refractivity contribution >= 4 is 17.9 Å². The number of rotatable bonds is 57. The molecule has 0 rings (SSSR count). The Morgan fingerprint density at radius 3 is 1.19 bits per heavy atom. The number of unbranched alkanes of at least 4 members (excludes halogenated alkanes) is 30. The third-order valence-corrected chi connectivity index (χ3v) is 13.5. The van der Waals surface area contributed by atoms with Crippen molar-refractivity contribution in [2.75, 3.05) is 47.5 Å². The number of allylic oxidation sites excluding steroid dienone is 12. The van der Waals surface area contributed by atoms with Gasteiger partial charge in [0.05, 0.1) is 40.3 Å². The van der Waals surface area contributed by atoms with Crippen LogP contribution in [-0.2, 0) is 33.3 Å². The summed E-state index contributed by atoms with van der Waals surface area (Å²) in [4.78, 5) is 37.1. The van der Waals surface area contributed by atoms with Gasteiger partial charge in [-0.15, -0.1) is 0 Å². The molecule has 2 unspecified atom stereocenters. The summed E-state index contributed by atoms with van der Waals surface area (Å²) in [5, 5.41) is 11.7. The highest BCUT2D eigenvalue weighted by atomic mass is 16.7. The molecule has 0 aromatic heterocycles. The second kappa shape index (κ2) is 56.9. The number of carboxylic acids is 1. The van der Waals surface area contributed by atoms with Crippen LogP contribution in [0.3, 0.4) is 0 Å². The molecule has 434 valence electrons. The van der Waals surface area contributed by atoms with Crippen LogP contribution in [0.1, 0.15) is 271 Å². The fourth-order valence-electron chi connectivity index (χ4n) is 8.70. The minimum atomic E-state index is -1.64. The van der Waals surface area contributed by atoms with E-state index in [4.69, 9.17) is 18.9 Å². The van der Waals surface area contributed by atoms with Crippen LogP contribution in [0.2, 0.25) is 0 Å². The lowest BCUT2D eigenvalue weighted by molar-refractivity contribution is -0.870. The van der Waals surface area contributed by atoms with Gasteiger partial charge in [0.25, 0.3) is 0 Å². The van der Waals surface area contributed by atoms with Gasteiger partial charge in [-0.1, -0.05) is 260 Å². The Morgan fingerprint density at radius 1 is 0.413 bits per heavy atom. The Kier molecular flexibility index (Phi) is 54.4. The van der Waals surface area contributed by atoms with Gasteiger partial charge in [0.15, 0.2) is 12.4 Å². The van der Waals surface area contributed by atoms with Gasteiger partial charge < -0.3 is 33.3 Å². The molecule has 0 aliphatic heterocycles. The topological polar surface area (TPSA) is 111 Å². The molecule has 9 nitrogen and oxygen atoms in total. The molecular weight excluding hydrogens is 935 g/mol. The third kappa shape index (κ3) is 58.3. The van der Waals surface area contributed by atoms with Crippen molar-refractivity contribution in [3.63, 3.8) is 0 Å². The molecule has 75 heavy (non-hydrogen) atoms. The van der Waals surface area contributed by atoms with Crippen LogP contribution in [0.5, 0.6) is 0 Å². The van der Waals surface area contributed by atoms with E-state index in [9.17, 15) is 19.5 Å². The summed E-state index contributed by atoms with van der Waals surface area (Å²) in [5.41, 5.74) is 0. The number of hydrogen-bond acceptors (Lipinski definition) is 8. The van der Waals surface area contributed by atoms with Crippen molar-refractivity contribution in [1.29, 1.82) is 0 Å². The van der Waals surface area contributed by atoms with Crippen molar-refractivity contribution in [1.82, 2.24) is 0 Å². The molecule has 0 bridgehead atoms. The molecule has 0 aromatic carbocycles. The van der Waals surface area contributed by atoms with Crippen LogP contribution in [0.25, 0.3) is 0 Å². The molecule has 0 fully saturated rings. The summed E-state index contributed by atoms with van der Waals surface area (Å²) < 4.78 is 22.6. The molecule has 0 aliphatic carbocycles. The van der Waals surface area contributed by atoms with Crippen LogP contribution < -0.4 is 5.11 Å². The minimum Gasteiger partial charge on any atom is -0.545 e. The third-order valence-electron chi connectivity index (χ3n) is 13.5.